The number of pyridine rings is 1. The zero-order chi connectivity index (χ0) is 22.4. The lowest BCUT2D eigenvalue weighted by atomic mass is 10.2. The highest BCUT2D eigenvalue weighted by molar-refractivity contribution is 7.89. The molecule has 1 fully saturated rings. The lowest BCUT2D eigenvalue weighted by Crippen LogP contribution is -2.47. The van der Waals surface area contributed by atoms with Crippen LogP contribution in [0.1, 0.15) is 6.42 Å². The number of hydrogen-bond donors (Lipinski definition) is 1. The molecule has 0 amide bonds. The van der Waals surface area contributed by atoms with Gasteiger partial charge in [0.1, 0.15) is 11.5 Å². The summed E-state index contributed by atoms with van der Waals surface area (Å²) in [7, 11) is 0.00447. The smallest absolute Gasteiger partial charge is 0.293 e. The summed E-state index contributed by atoms with van der Waals surface area (Å²) in [6, 6.07) is 9.83. The normalized spacial score (nSPS) is 14.8. The Labute approximate surface area is 182 Å². The van der Waals surface area contributed by atoms with Crippen molar-refractivity contribution in [1.82, 2.24) is 14.6 Å². The lowest BCUT2D eigenvalue weighted by molar-refractivity contribution is -0.384. The first kappa shape index (κ1) is 22.9. The molecule has 10 nitrogen and oxygen atoms in total. The SMILES string of the molecule is CN(C)CCCNS(=O)(=O)c1ccc(N2CCN(c3ccccn3)CC2)c([N+](=O)[O-])c1. The summed E-state index contributed by atoms with van der Waals surface area (Å²) in [5.74, 6) is 0.874. The Morgan fingerprint density at radius 3 is 2.45 bits per heavy atom. The van der Waals surface area contributed by atoms with Crippen molar-refractivity contribution in [1.29, 1.82) is 0 Å². The van der Waals surface area contributed by atoms with Crippen molar-refractivity contribution in [2.24, 2.45) is 0 Å². The van der Waals surface area contributed by atoms with Gasteiger partial charge in [-0.15, -0.1) is 0 Å². The molecule has 1 aliphatic rings. The molecule has 31 heavy (non-hydrogen) atoms. The van der Waals surface area contributed by atoms with Gasteiger partial charge < -0.3 is 14.7 Å². The Kier molecular flexibility index (Phi) is 7.42. The van der Waals surface area contributed by atoms with E-state index in [1.165, 1.54) is 12.1 Å². The third-order valence-electron chi connectivity index (χ3n) is 5.12. The fourth-order valence-corrected chi connectivity index (χ4v) is 4.58. The Hall–Kier alpha value is -2.76. The van der Waals surface area contributed by atoms with Crippen molar-refractivity contribution < 1.29 is 13.3 Å². The number of nitrogens with zero attached hydrogens (tertiary/aromatic N) is 5. The molecule has 1 N–H and O–H groups in total. The summed E-state index contributed by atoms with van der Waals surface area (Å²) in [4.78, 5) is 21.4. The molecule has 0 bridgehead atoms. The quantitative estimate of drug-likeness (QED) is 0.349. The Morgan fingerprint density at radius 2 is 1.84 bits per heavy atom. The fraction of sp³-hybridized carbons (Fsp3) is 0.450. The minimum Gasteiger partial charge on any atom is -0.362 e. The average molecular weight is 449 g/mol. The second-order valence-electron chi connectivity index (χ2n) is 7.62. The zero-order valence-electron chi connectivity index (χ0n) is 17.8. The highest BCUT2D eigenvalue weighted by Crippen LogP contribution is 2.32. The summed E-state index contributed by atoms with van der Waals surface area (Å²) in [6.07, 6.45) is 2.38. The predicted octanol–water partition coefficient (Wildman–Crippen LogP) is 1.55. The number of piperazine rings is 1. The maximum atomic E-state index is 12.6. The van der Waals surface area contributed by atoms with Gasteiger partial charge in [-0.2, -0.15) is 0 Å². The molecule has 0 unspecified atom stereocenters. The van der Waals surface area contributed by atoms with Crippen molar-refractivity contribution >= 4 is 27.2 Å². The van der Waals surface area contributed by atoms with E-state index in [0.29, 0.717) is 38.3 Å². The number of nitrogens with one attached hydrogen (secondary N) is 1. The fourth-order valence-electron chi connectivity index (χ4n) is 3.49. The van der Waals surface area contributed by atoms with Crippen LogP contribution in [0.5, 0.6) is 0 Å². The van der Waals surface area contributed by atoms with Crippen LogP contribution in [0.2, 0.25) is 0 Å². The third-order valence-corrected chi connectivity index (χ3v) is 6.58. The van der Waals surface area contributed by atoms with Crippen LogP contribution < -0.4 is 14.5 Å². The molecule has 2 heterocycles. The van der Waals surface area contributed by atoms with Crippen LogP contribution in [0, 0.1) is 10.1 Å². The first-order chi connectivity index (χ1) is 14.8. The number of hydrogen-bond acceptors (Lipinski definition) is 8. The van der Waals surface area contributed by atoms with E-state index in [4.69, 9.17) is 0 Å². The van der Waals surface area contributed by atoms with Gasteiger partial charge in [0.15, 0.2) is 0 Å². The molecule has 0 spiro atoms. The van der Waals surface area contributed by atoms with Gasteiger partial charge in [-0.25, -0.2) is 18.1 Å². The summed E-state index contributed by atoms with van der Waals surface area (Å²) >= 11 is 0. The van der Waals surface area contributed by atoms with E-state index in [9.17, 15) is 18.5 Å². The molecular weight excluding hydrogens is 420 g/mol. The molecule has 1 saturated heterocycles. The molecule has 1 aromatic carbocycles. The van der Waals surface area contributed by atoms with Gasteiger partial charge in [-0.3, -0.25) is 10.1 Å². The molecule has 1 aliphatic heterocycles. The van der Waals surface area contributed by atoms with Crippen LogP contribution in [0.3, 0.4) is 0 Å². The molecule has 0 saturated carbocycles. The van der Waals surface area contributed by atoms with E-state index >= 15 is 0 Å². The van der Waals surface area contributed by atoms with E-state index < -0.39 is 14.9 Å². The first-order valence-corrected chi connectivity index (χ1v) is 11.6. The molecule has 11 heteroatoms. The summed E-state index contributed by atoms with van der Waals surface area (Å²) in [5, 5.41) is 11.7. The van der Waals surface area contributed by atoms with Gasteiger partial charge >= 0.3 is 0 Å². The topological polar surface area (TPSA) is 112 Å². The van der Waals surface area contributed by atoms with Crippen molar-refractivity contribution in [3.8, 4) is 0 Å². The van der Waals surface area contributed by atoms with E-state index in [2.05, 4.69) is 14.6 Å². The molecule has 2 aromatic rings. The van der Waals surface area contributed by atoms with Crippen molar-refractivity contribution in [2.75, 3.05) is 63.2 Å². The second kappa shape index (κ2) is 10.0. The molecule has 168 valence electrons. The Morgan fingerprint density at radius 1 is 1.13 bits per heavy atom. The van der Waals surface area contributed by atoms with Crippen molar-refractivity contribution in [2.45, 2.75) is 11.3 Å². The van der Waals surface area contributed by atoms with Crippen LogP contribution in [0.25, 0.3) is 0 Å². The number of sulfonamides is 1. The van der Waals surface area contributed by atoms with Gasteiger partial charge in [0.05, 0.1) is 9.82 Å². The number of nitro groups is 1. The van der Waals surface area contributed by atoms with Crippen molar-refractivity contribution in [3.05, 3.63) is 52.7 Å². The highest BCUT2D eigenvalue weighted by atomic mass is 32.2. The number of rotatable bonds is 9. The van der Waals surface area contributed by atoms with Gasteiger partial charge in [0, 0.05) is 45.0 Å². The Bertz CT molecular complexity index is 992. The number of benzene rings is 1. The largest absolute Gasteiger partial charge is 0.362 e. The molecule has 0 aliphatic carbocycles. The van der Waals surface area contributed by atoms with Crippen LogP contribution in [0.15, 0.2) is 47.5 Å². The minimum absolute atomic E-state index is 0.0973. The first-order valence-electron chi connectivity index (χ1n) is 10.1. The van der Waals surface area contributed by atoms with E-state index in [1.807, 2.05) is 42.1 Å². The van der Waals surface area contributed by atoms with Gasteiger partial charge in [-0.1, -0.05) is 6.07 Å². The Balaban J connectivity index is 1.72. The predicted molar refractivity (Wildman–Crippen MR) is 120 cm³/mol. The highest BCUT2D eigenvalue weighted by Gasteiger charge is 2.27. The van der Waals surface area contributed by atoms with E-state index in [0.717, 1.165) is 18.4 Å². The molecule has 0 atom stereocenters. The molecule has 3 rings (SSSR count). The van der Waals surface area contributed by atoms with Gasteiger partial charge in [0.25, 0.3) is 5.69 Å². The van der Waals surface area contributed by atoms with Crippen LogP contribution in [-0.2, 0) is 10.0 Å². The minimum atomic E-state index is -3.81. The summed E-state index contributed by atoms with van der Waals surface area (Å²) in [6.45, 7) is 3.50. The summed E-state index contributed by atoms with van der Waals surface area (Å²) in [5.41, 5.74) is 0.222. The zero-order valence-corrected chi connectivity index (χ0v) is 18.6. The maximum Gasteiger partial charge on any atom is 0.293 e. The van der Waals surface area contributed by atoms with Crippen LogP contribution in [-0.4, -0.2) is 76.6 Å². The maximum absolute atomic E-state index is 12.6. The molecular formula is C20H28N6O4S. The third kappa shape index (κ3) is 5.90. The van der Waals surface area contributed by atoms with Crippen LogP contribution >= 0.6 is 0 Å². The van der Waals surface area contributed by atoms with Gasteiger partial charge in [0.2, 0.25) is 10.0 Å². The number of anilines is 2. The van der Waals surface area contributed by atoms with E-state index in [1.54, 1.807) is 6.20 Å². The van der Waals surface area contributed by atoms with Crippen LogP contribution in [0.4, 0.5) is 17.2 Å². The van der Waals surface area contributed by atoms with Crippen molar-refractivity contribution in [3.63, 3.8) is 0 Å². The molecule has 1 aromatic heterocycles. The second-order valence-corrected chi connectivity index (χ2v) is 9.39. The number of aromatic nitrogens is 1. The lowest BCUT2D eigenvalue weighted by Gasteiger charge is -2.36. The molecule has 0 radical (unpaired) electrons. The summed E-state index contributed by atoms with van der Waals surface area (Å²) < 4.78 is 27.6. The average Bonchev–Trinajstić information content (AvgIpc) is 2.77. The standard InChI is InChI=1S/C20H28N6O4S/c1-23(2)11-5-10-22-31(29,30)17-7-8-18(19(16-17)26(27)28)24-12-14-25(15-13-24)20-6-3-4-9-21-20/h3-4,6-9,16,22H,5,10-15H2,1-2H3. The number of nitro benzene ring substituents is 1. The van der Waals surface area contributed by atoms with Gasteiger partial charge in [-0.05, 0) is 51.3 Å². The monoisotopic (exact) mass is 448 g/mol. The van der Waals surface area contributed by atoms with E-state index in [-0.39, 0.29) is 17.1 Å².